The van der Waals surface area contributed by atoms with Crippen LogP contribution < -0.4 is 11.1 Å². The monoisotopic (exact) mass is 286 g/mol. The van der Waals surface area contributed by atoms with Gasteiger partial charge in [0.25, 0.3) is 0 Å². The average molecular weight is 286 g/mol. The Balaban J connectivity index is 2.56. The lowest BCUT2D eigenvalue weighted by Crippen LogP contribution is -2.50. The molecule has 0 aromatic rings. The average Bonchev–Trinajstić information content (AvgIpc) is 2.89. The molecule has 2 amide bonds. The quantitative estimate of drug-likeness (QED) is 0.618. The molecule has 3 atom stereocenters. The molecule has 1 aliphatic heterocycles. The van der Waals surface area contributed by atoms with Crippen molar-refractivity contribution in [2.45, 2.75) is 32.7 Å². The molecule has 0 aliphatic carbocycles. The number of carbonyl (C=O) groups is 3. The first-order chi connectivity index (χ1) is 9.45. The predicted molar refractivity (Wildman–Crippen MR) is 70.5 cm³/mol. The Labute approximate surface area is 118 Å². The Morgan fingerprint density at radius 2 is 2.15 bits per heavy atom. The van der Waals surface area contributed by atoms with Crippen LogP contribution in [0.5, 0.6) is 0 Å². The molecular formula is C13H22N2O5. The third kappa shape index (κ3) is 4.80. The zero-order chi connectivity index (χ0) is 15.1. The number of esters is 1. The van der Waals surface area contributed by atoms with Gasteiger partial charge in [-0.05, 0) is 19.3 Å². The van der Waals surface area contributed by atoms with Crippen LogP contribution in [-0.4, -0.2) is 43.6 Å². The summed E-state index contributed by atoms with van der Waals surface area (Å²) in [6.07, 6.45) is 0.659. The van der Waals surface area contributed by atoms with E-state index in [2.05, 4.69) is 5.32 Å². The van der Waals surface area contributed by atoms with Crippen molar-refractivity contribution in [1.82, 2.24) is 5.32 Å². The van der Waals surface area contributed by atoms with E-state index in [-0.39, 0.29) is 24.9 Å². The van der Waals surface area contributed by atoms with Crippen molar-refractivity contribution in [3.05, 3.63) is 0 Å². The van der Waals surface area contributed by atoms with Gasteiger partial charge in [0.1, 0.15) is 6.04 Å². The summed E-state index contributed by atoms with van der Waals surface area (Å²) in [5, 5.41) is 2.60. The molecule has 0 aromatic heterocycles. The van der Waals surface area contributed by atoms with Gasteiger partial charge in [0.15, 0.2) is 0 Å². The smallest absolute Gasteiger partial charge is 0.306 e. The lowest BCUT2D eigenvalue weighted by atomic mass is 9.96. The molecule has 1 rings (SSSR count). The molecule has 3 N–H and O–H groups in total. The fraction of sp³-hybridized carbons (Fsp3) is 0.769. The number of amides is 2. The summed E-state index contributed by atoms with van der Waals surface area (Å²) in [5.74, 6) is -2.01. The summed E-state index contributed by atoms with van der Waals surface area (Å²) in [7, 11) is 0. The number of hydrogen-bond acceptors (Lipinski definition) is 5. The number of rotatable bonds is 7. The van der Waals surface area contributed by atoms with Crippen molar-refractivity contribution in [1.29, 1.82) is 0 Å². The standard InChI is InChI=1S/C13H22N2O5/c1-3-20-10(16)6-8(2)11(12(14)17)15-13(18)9-4-5-19-7-9/h8-9,11H,3-7H2,1-2H3,(H2,14,17)(H,15,18)/t8-,9-,11-/m0/s1. The van der Waals surface area contributed by atoms with E-state index in [1.54, 1.807) is 13.8 Å². The molecule has 0 unspecified atom stereocenters. The molecule has 7 heteroatoms. The molecule has 1 saturated heterocycles. The van der Waals surface area contributed by atoms with Gasteiger partial charge in [0, 0.05) is 6.61 Å². The maximum atomic E-state index is 12.0. The van der Waals surface area contributed by atoms with Crippen LogP contribution in [0.15, 0.2) is 0 Å². The van der Waals surface area contributed by atoms with Crippen LogP contribution in [0.2, 0.25) is 0 Å². The van der Waals surface area contributed by atoms with Crippen LogP contribution in [-0.2, 0) is 23.9 Å². The Bertz CT molecular complexity index is 366. The van der Waals surface area contributed by atoms with E-state index in [0.29, 0.717) is 19.6 Å². The van der Waals surface area contributed by atoms with E-state index in [9.17, 15) is 14.4 Å². The second-order valence-electron chi connectivity index (χ2n) is 4.94. The maximum Gasteiger partial charge on any atom is 0.306 e. The zero-order valence-corrected chi connectivity index (χ0v) is 11.9. The molecule has 0 saturated carbocycles. The van der Waals surface area contributed by atoms with E-state index in [1.165, 1.54) is 0 Å². The van der Waals surface area contributed by atoms with Gasteiger partial charge in [-0.3, -0.25) is 14.4 Å². The van der Waals surface area contributed by atoms with Gasteiger partial charge in [0.2, 0.25) is 11.8 Å². The van der Waals surface area contributed by atoms with Crippen molar-refractivity contribution in [2.75, 3.05) is 19.8 Å². The normalized spacial score (nSPS) is 21.0. The molecule has 7 nitrogen and oxygen atoms in total. The van der Waals surface area contributed by atoms with E-state index >= 15 is 0 Å². The summed E-state index contributed by atoms with van der Waals surface area (Å²) in [6, 6.07) is -0.882. The Kier molecular flexibility index (Phi) is 6.44. The molecule has 1 aliphatic rings. The van der Waals surface area contributed by atoms with E-state index in [0.717, 1.165) is 0 Å². The minimum atomic E-state index is -0.882. The minimum absolute atomic E-state index is 0.0306. The van der Waals surface area contributed by atoms with Gasteiger partial charge in [-0.15, -0.1) is 0 Å². The van der Waals surface area contributed by atoms with Crippen LogP contribution in [0.1, 0.15) is 26.7 Å². The Morgan fingerprint density at radius 1 is 1.45 bits per heavy atom. The highest BCUT2D eigenvalue weighted by molar-refractivity contribution is 5.88. The number of carbonyl (C=O) groups excluding carboxylic acids is 3. The molecule has 0 radical (unpaired) electrons. The number of nitrogens with two attached hydrogens (primary N) is 1. The van der Waals surface area contributed by atoms with Crippen LogP contribution in [0.4, 0.5) is 0 Å². The van der Waals surface area contributed by atoms with Gasteiger partial charge < -0.3 is 20.5 Å². The van der Waals surface area contributed by atoms with Gasteiger partial charge in [0.05, 0.1) is 25.6 Å². The summed E-state index contributed by atoms with van der Waals surface area (Å²) >= 11 is 0. The van der Waals surface area contributed by atoms with Crippen molar-refractivity contribution in [3.8, 4) is 0 Å². The van der Waals surface area contributed by atoms with Crippen LogP contribution >= 0.6 is 0 Å². The second kappa shape index (κ2) is 7.84. The van der Waals surface area contributed by atoms with E-state index in [4.69, 9.17) is 15.2 Å². The summed E-state index contributed by atoms with van der Waals surface area (Å²) in [4.78, 5) is 34.8. The van der Waals surface area contributed by atoms with Gasteiger partial charge >= 0.3 is 5.97 Å². The lowest BCUT2D eigenvalue weighted by Gasteiger charge is -2.23. The summed E-state index contributed by atoms with van der Waals surface area (Å²) in [5.41, 5.74) is 5.30. The van der Waals surface area contributed by atoms with Gasteiger partial charge in [-0.25, -0.2) is 0 Å². The third-order valence-corrected chi connectivity index (χ3v) is 3.27. The van der Waals surface area contributed by atoms with Crippen molar-refractivity contribution < 1.29 is 23.9 Å². The fourth-order valence-electron chi connectivity index (χ4n) is 2.11. The maximum absolute atomic E-state index is 12.0. The molecule has 114 valence electrons. The fourth-order valence-corrected chi connectivity index (χ4v) is 2.11. The molecule has 1 heterocycles. The molecule has 1 fully saturated rings. The number of ether oxygens (including phenoxy) is 2. The molecular weight excluding hydrogens is 264 g/mol. The largest absolute Gasteiger partial charge is 0.466 e. The molecule has 0 bridgehead atoms. The lowest BCUT2D eigenvalue weighted by molar-refractivity contribution is -0.145. The first kappa shape index (κ1) is 16.4. The van der Waals surface area contributed by atoms with E-state index in [1.807, 2.05) is 0 Å². The molecule has 0 spiro atoms. The summed E-state index contributed by atoms with van der Waals surface area (Å²) < 4.78 is 9.95. The Hall–Kier alpha value is -1.63. The van der Waals surface area contributed by atoms with Crippen LogP contribution in [0.25, 0.3) is 0 Å². The number of hydrogen-bond donors (Lipinski definition) is 2. The highest BCUT2D eigenvalue weighted by atomic mass is 16.5. The zero-order valence-electron chi connectivity index (χ0n) is 11.9. The Morgan fingerprint density at radius 3 is 2.65 bits per heavy atom. The number of primary amides is 1. The molecule has 20 heavy (non-hydrogen) atoms. The second-order valence-corrected chi connectivity index (χ2v) is 4.94. The minimum Gasteiger partial charge on any atom is -0.466 e. The van der Waals surface area contributed by atoms with E-state index < -0.39 is 23.8 Å². The van der Waals surface area contributed by atoms with Crippen molar-refractivity contribution in [2.24, 2.45) is 17.6 Å². The highest BCUT2D eigenvalue weighted by Gasteiger charge is 2.31. The first-order valence-corrected chi connectivity index (χ1v) is 6.78. The van der Waals surface area contributed by atoms with Gasteiger partial charge in [-0.2, -0.15) is 0 Å². The van der Waals surface area contributed by atoms with Gasteiger partial charge in [-0.1, -0.05) is 6.92 Å². The number of nitrogens with one attached hydrogen (secondary N) is 1. The van der Waals surface area contributed by atoms with Crippen molar-refractivity contribution in [3.63, 3.8) is 0 Å². The summed E-state index contributed by atoms with van der Waals surface area (Å²) in [6.45, 7) is 4.55. The van der Waals surface area contributed by atoms with Crippen LogP contribution in [0, 0.1) is 11.8 Å². The highest BCUT2D eigenvalue weighted by Crippen LogP contribution is 2.15. The SMILES string of the molecule is CCOC(=O)C[C@H](C)[C@H](NC(=O)[C@H]1CCOC1)C(N)=O. The first-order valence-electron chi connectivity index (χ1n) is 6.78. The molecule has 0 aromatic carbocycles. The third-order valence-electron chi connectivity index (χ3n) is 3.27. The predicted octanol–water partition coefficient (Wildman–Crippen LogP) is -0.418. The topological polar surface area (TPSA) is 108 Å². The van der Waals surface area contributed by atoms with Crippen molar-refractivity contribution >= 4 is 17.8 Å². The van der Waals surface area contributed by atoms with Crippen LogP contribution in [0.3, 0.4) is 0 Å².